The van der Waals surface area contributed by atoms with Gasteiger partial charge in [0.2, 0.25) is 0 Å². The van der Waals surface area contributed by atoms with Gasteiger partial charge in [-0.25, -0.2) is 4.39 Å². The normalized spacial score (nSPS) is 14.9. The lowest BCUT2D eigenvalue weighted by molar-refractivity contribution is 0.629. The fourth-order valence-corrected chi connectivity index (χ4v) is 2.51. The number of nitrogens with one attached hydrogen (secondary N) is 1. The van der Waals surface area contributed by atoms with Crippen LogP contribution in [0.3, 0.4) is 0 Å². The van der Waals surface area contributed by atoms with Crippen LogP contribution in [0, 0.1) is 5.82 Å². The van der Waals surface area contributed by atoms with Crippen LogP contribution in [0.5, 0.6) is 0 Å². The Bertz CT molecular complexity index is 623. The van der Waals surface area contributed by atoms with Gasteiger partial charge in [-0.3, -0.25) is 4.98 Å². The number of pyridine rings is 1. The molecular formula is C15H16ClFN2. The van der Waals surface area contributed by atoms with E-state index >= 15 is 0 Å². The maximum atomic E-state index is 13.5. The number of hydrogen-bond donors (Lipinski definition) is 1. The molecule has 0 atom stereocenters. The number of halogens is 2. The van der Waals surface area contributed by atoms with Crippen molar-refractivity contribution in [1.82, 2.24) is 4.98 Å². The first-order valence-electron chi connectivity index (χ1n) is 6.72. The van der Waals surface area contributed by atoms with Crippen LogP contribution in [-0.4, -0.2) is 11.5 Å². The molecule has 0 amide bonds. The van der Waals surface area contributed by atoms with E-state index in [9.17, 15) is 4.39 Å². The summed E-state index contributed by atoms with van der Waals surface area (Å²) in [5, 5.41) is 4.50. The van der Waals surface area contributed by atoms with E-state index in [0.29, 0.717) is 16.5 Å². The van der Waals surface area contributed by atoms with Crippen LogP contribution in [0.1, 0.15) is 37.8 Å². The average molecular weight is 279 g/mol. The highest BCUT2D eigenvalue weighted by Crippen LogP contribution is 2.42. The van der Waals surface area contributed by atoms with Crippen molar-refractivity contribution in [3.63, 3.8) is 0 Å². The fourth-order valence-electron chi connectivity index (χ4n) is 2.27. The minimum atomic E-state index is -0.321. The second-order valence-electron chi connectivity index (χ2n) is 5.08. The molecule has 2 aromatic rings. The summed E-state index contributed by atoms with van der Waals surface area (Å²) in [7, 11) is 0. The van der Waals surface area contributed by atoms with Crippen LogP contribution in [0.25, 0.3) is 10.9 Å². The molecule has 0 unspecified atom stereocenters. The molecule has 19 heavy (non-hydrogen) atoms. The monoisotopic (exact) mass is 278 g/mol. The summed E-state index contributed by atoms with van der Waals surface area (Å²) in [5.74, 6) is 0.228. The predicted octanol–water partition coefficient (Wildman–Crippen LogP) is 4.73. The summed E-state index contributed by atoms with van der Waals surface area (Å²) < 4.78 is 13.5. The first kappa shape index (κ1) is 12.7. The number of fused-ring (bicyclic) bond motifs is 1. The predicted molar refractivity (Wildman–Crippen MR) is 77.5 cm³/mol. The minimum absolute atomic E-state index is 0.321. The van der Waals surface area contributed by atoms with E-state index in [1.165, 1.54) is 25.0 Å². The Balaban J connectivity index is 2.17. The summed E-state index contributed by atoms with van der Waals surface area (Å²) in [4.78, 5) is 4.61. The standard InChI is InChI=1S/C15H16ClFN2/c1-2-5-18-14-8-13(9-3-4-9)19-15-11(14)6-10(17)7-12(15)16/h6-9H,2-5H2,1H3,(H,18,19). The van der Waals surface area contributed by atoms with Crippen LogP contribution in [0.4, 0.5) is 10.1 Å². The van der Waals surface area contributed by atoms with Gasteiger partial charge in [0.05, 0.1) is 10.5 Å². The summed E-state index contributed by atoms with van der Waals surface area (Å²) >= 11 is 6.14. The largest absolute Gasteiger partial charge is 0.384 e. The minimum Gasteiger partial charge on any atom is -0.384 e. The number of aromatic nitrogens is 1. The zero-order valence-electron chi connectivity index (χ0n) is 10.8. The van der Waals surface area contributed by atoms with Crippen LogP contribution in [-0.2, 0) is 0 Å². The molecule has 2 nitrogen and oxygen atoms in total. The second-order valence-corrected chi connectivity index (χ2v) is 5.49. The van der Waals surface area contributed by atoms with Gasteiger partial charge in [0, 0.05) is 29.2 Å². The molecule has 0 saturated heterocycles. The van der Waals surface area contributed by atoms with Gasteiger partial charge in [0.15, 0.2) is 0 Å². The summed E-state index contributed by atoms with van der Waals surface area (Å²) in [6.07, 6.45) is 3.39. The van der Waals surface area contributed by atoms with Crippen molar-refractivity contribution in [3.8, 4) is 0 Å². The van der Waals surface area contributed by atoms with Crippen LogP contribution < -0.4 is 5.32 Å². The van der Waals surface area contributed by atoms with Gasteiger partial charge in [-0.05, 0) is 37.5 Å². The first-order chi connectivity index (χ1) is 9.19. The smallest absolute Gasteiger partial charge is 0.125 e. The van der Waals surface area contributed by atoms with Gasteiger partial charge in [-0.1, -0.05) is 18.5 Å². The number of hydrogen-bond acceptors (Lipinski definition) is 2. The van der Waals surface area contributed by atoms with Crippen molar-refractivity contribution in [2.24, 2.45) is 0 Å². The number of rotatable bonds is 4. The lowest BCUT2D eigenvalue weighted by Crippen LogP contribution is -2.03. The molecule has 3 rings (SSSR count). The molecule has 0 aliphatic heterocycles. The number of benzene rings is 1. The Morgan fingerprint density at radius 3 is 2.84 bits per heavy atom. The third-order valence-electron chi connectivity index (χ3n) is 3.41. The summed E-state index contributed by atoms with van der Waals surface area (Å²) in [6.45, 7) is 2.96. The maximum absolute atomic E-state index is 13.5. The molecule has 1 fully saturated rings. The van der Waals surface area contributed by atoms with Crippen LogP contribution in [0.15, 0.2) is 18.2 Å². The molecule has 0 bridgehead atoms. The van der Waals surface area contributed by atoms with E-state index in [-0.39, 0.29) is 5.82 Å². The maximum Gasteiger partial charge on any atom is 0.125 e. The molecule has 100 valence electrons. The van der Waals surface area contributed by atoms with Crippen molar-refractivity contribution in [1.29, 1.82) is 0 Å². The van der Waals surface area contributed by atoms with Gasteiger partial charge in [0.1, 0.15) is 5.82 Å². The van der Waals surface area contributed by atoms with Gasteiger partial charge in [0.25, 0.3) is 0 Å². The quantitative estimate of drug-likeness (QED) is 0.875. The summed E-state index contributed by atoms with van der Waals surface area (Å²) in [6, 6.07) is 4.88. The Morgan fingerprint density at radius 1 is 1.37 bits per heavy atom. The second kappa shape index (κ2) is 4.97. The Kier molecular flexibility index (Phi) is 3.31. The van der Waals surface area contributed by atoms with Crippen LogP contribution >= 0.6 is 11.6 Å². The van der Waals surface area contributed by atoms with E-state index in [0.717, 1.165) is 29.7 Å². The van der Waals surface area contributed by atoms with Crippen LogP contribution in [0.2, 0.25) is 5.02 Å². The highest BCUT2D eigenvalue weighted by molar-refractivity contribution is 6.35. The van der Waals surface area contributed by atoms with E-state index < -0.39 is 0 Å². The highest BCUT2D eigenvalue weighted by atomic mass is 35.5. The summed E-state index contributed by atoms with van der Waals surface area (Å²) in [5.41, 5.74) is 2.71. The van der Waals surface area contributed by atoms with Gasteiger partial charge >= 0.3 is 0 Å². The molecule has 1 N–H and O–H groups in total. The Morgan fingerprint density at radius 2 is 2.16 bits per heavy atom. The van der Waals surface area contributed by atoms with Crippen molar-refractivity contribution in [2.45, 2.75) is 32.1 Å². The van der Waals surface area contributed by atoms with Crippen molar-refractivity contribution in [2.75, 3.05) is 11.9 Å². The molecule has 0 spiro atoms. The topological polar surface area (TPSA) is 24.9 Å². The SMILES string of the molecule is CCCNc1cc(C2CC2)nc2c(Cl)cc(F)cc12. The number of anilines is 1. The Labute approximate surface area is 117 Å². The number of nitrogens with zero attached hydrogens (tertiary/aromatic N) is 1. The third-order valence-corrected chi connectivity index (χ3v) is 3.70. The molecular weight excluding hydrogens is 263 g/mol. The van der Waals surface area contributed by atoms with E-state index in [2.05, 4.69) is 17.2 Å². The van der Waals surface area contributed by atoms with Crippen molar-refractivity contribution >= 4 is 28.2 Å². The molecule has 4 heteroatoms. The van der Waals surface area contributed by atoms with Crippen molar-refractivity contribution in [3.05, 3.63) is 34.7 Å². The fraction of sp³-hybridized carbons (Fsp3) is 0.400. The third kappa shape index (κ3) is 2.52. The average Bonchev–Trinajstić information content (AvgIpc) is 3.20. The lowest BCUT2D eigenvalue weighted by Gasteiger charge is -2.12. The molecule has 1 aromatic carbocycles. The molecule has 1 aliphatic carbocycles. The zero-order chi connectivity index (χ0) is 13.4. The lowest BCUT2D eigenvalue weighted by atomic mass is 10.1. The van der Waals surface area contributed by atoms with Gasteiger partial charge in [-0.15, -0.1) is 0 Å². The van der Waals surface area contributed by atoms with E-state index in [1.807, 2.05) is 6.07 Å². The van der Waals surface area contributed by atoms with Gasteiger partial charge < -0.3 is 5.32 Å². The molecule has 0 radical (unpaired) electrons. The first-order valence-corrected chi connectivity index (χ1v) is 7.10. The molecule has 1 aromatic heterocycles. The molecule has 1 aliphatic rings. The Hall–Kier alpha value is -1.35. The zero-order valence-corrected chi connectivity index (χ0v) is 11.6. The highest BCUT2D eigenvalue weighted by Gasteiger charge is 2.26. The van der Waals surface area contributed by atoms with Gasteiger partial charge in [-0.2, -0.15) is 0 Å². The van der Waals surface area contributed by atoms with E-state index in [4.69, 9.17) is 11.6 Å². The molecule has 1 saturated carbocycles. The molecule has 1 heterocycles. The van der Waals surface area contributed by atoms with Crippen molar-refractivity contribution < 1.29 is 4.39 Å². The van der Waals surface area contributed by atoms with E-state index in [1.54, 1.807) is 0 Å².